The van der Waals surface area contributed by atoms with Crippen molar-refractivity contribution in [2.45, 2.75) is 32.0 Å². The number of hydrogen-bond acceptors (Lipinski definition) is 7. The number of anilines is 2. The summed E-state index contributed by atoms with van der Waals surface area (Å²) < 4.78 is 48.3. The predicted octanol–water partition coefficient (Wildman–Crippen LogP) is 3.76. The molecule has 2 bridgehead atoms. The first-order valence-electron chi connectivity index (χ1n) is 9.85. The molecule has 0 spiro atoms. The first kappa shape index (κ1) is 19.4. The second-order valence-corrected chi connectivity index (χ2v) is 8.74. The van der Waals surface area contributed by atoms with Gasteiger partial charge in [0.15, 0.2) is 18.0 Å². The molecule has 3 aromatic rings. The van der Waals surface area contributed by atoms with Crippen LogP contribution >= 0.6 is 11.5 Å². The summed E-state index contributed by atoms with van der Waals surface area (Å²) >= 11 is 1.54. The molecule has 3 aromatic heterocycles. The largest absolute Gasteiger partial charge is 0.480 e. The minimum Gasteiger partial charge on any atom is -0.480 e. The van der Waals surface area contributed by atoms with Crippen molar-refractivity contribution in [3.8, 4) is 5.75 Å². The smallest absolute Gasteiger partial charge is 0.422 e. The highest BCUT2D eigenvalue weighted by atomic mass is 32.1. The van der Waals surface area contributed by atoms with Crippen molar-refractivity contribution in [2.75, 3.05) is 29.9 Å². The summed E-state index contributed by atoms with van der Waals surface area (Å²) in [5.74, 6) is 1.40. The maximum absolute atomic E-state index is 12.5. The van der Waals surface area contributed by atoms with Gasteiger partial charge in [-0.05, 0) is 61.3 Å². The van der Waals surface area contributed by atoms with Crippen molar-refractivity contribution in [3.63, 3.8) is 0 Å². The molecule has 11 heteroatoms. The molecule has 3 atom stereocenters. The normalized spacial score (nSPS) is 23.9. The van der Waals surface area contributed by atoms with Gasteiger partial charge in [-0.3, -0.25) is 0 Å². The number of pyridine rings is 1. The number of ether oxygens (including phenoxy) is 1. The van der Waals surface area contributed by atoms with E-state index in [9.17, 15) is 13.2 Å². The third-order valence-electron chi connectivity index (χ3n) is 5.77. The maximum atomic E-state index is 12.5. The number of alkyl halides is 3. The lowest BCUT2D eigenvalue weighted by atomic mass is 9.92. The van der Waals surface area contributed by atoms with E-state index in [0.717, 1.165) is 31.6 Å². The molecule has 0 radical (unpaired) electrons. The van der Waals surface area contributed by atoms with Gasteiger partial charge in [0.25, 0.3) is 0 Å². The number of aromatic nitrogens is 4. The SMILES string of the molecule is Cc1cc(N2C[C@H]3CC[C@@H](C2)C3Nc2nc3c(OCC(F)(F)F)cccn3n2)sn1. The van der Waals surface area contributed by atoms with Crippen LogP contribution in [0.4, 0.5) is 24.1 Å². The predicted molar refractivity (Wildman–Crippen MR) is 107 cm³/mol. The minimum absolute atomic E-state index is 0.0636. The van der Waals surface area contributed by atoms with E-state index in [-0.39, 0.29) is 17.4 Å². The molecular formula is C19H21F3N6OS. The highest BCUT2D eigenvalue weighted by Crippen LogP contribution is 2.41. The van der Waals surface area contributed by atoms with Gasteiger partial charge in [-0.2, -0.15) is 22.5 Å². The topological polar surface area (TPSA) is 67.6 Å². The van der Waals surface area contributed by atoms with E-state index in [4.69, 9.17) is 4.74 Å². The lowest BCUT2D eigenvalue weighted by Crippen LogP contribution is -2.48. The zero-order chi connectivity index (χ0) is 20.9. The molecule has 2 aliphatic rings. The lowest BCUT2D eigenvalue weighted by molar-refractivity contribution is -0.153. The Labute approximate surface area is 175 Å². The van der Waals surface area contributed by atoms with Gasteiger partial charge in [0.1, 0.15) is 5.00 Å². The van der Waals surface area contributed by atoms with Crippen LogP contribution in [0.5, 0.6) is 5.75 Å². The van der Waals surface area contributed by atoms with E-state index in [1.54, 1.807) is 12.3 Å². The Hall–Kier alpha value is -2.56. The average Bonchev–Trinajstić information content (AvgIpc) is 3.36. The van der Waals surface area contributed by atoms with Gasteiger partial charge in [0, 0.05) is 25.3 Å². The Morgan fingerprint density at radius 1 is 1.27 bits per heavy atom. The van der Waals surface area contributed by atoms with Crippen LogP contribution in [0.25, 0.3) is 5.65 Å². The van der Waals surface area contributed by atoms with Crippen LogP contribution in [0.3, 0.4) is 0 Å². The molecule has 1 N–H and O–H groups in total. The molecule has 7 nitrogen and oxygen atoms in total. The molecule has 0 aromatic carbocycles. The Bertz CT molecular complexity index is 1040. The summed E-state index contributed by atoms with van der Waals surface area (Å²) in [4.78, 5) is 6.82. The second kappa shape index (κ2) is 7.29. The van der Waals surface area contributed by atoms with E-state index in [0.29, 0.717) is 17.8 Å². The zero-order valence-corrected chi connectivity index (χ0v) is 17.1. The number of piperidine rings is 1. The summed E-state index contributed by atoms with van der Waals surface area (Å²) in [7, 11) is 0. The third-order valence-corrected chi connectivity index (χ3v) is 6.72. The first-order valence-corrected chi connectivity index (χ1v) is 10.6. The molecular weight excluding hydrogens is 417 g/mol. The summed E-state index contributed by atoms with van der Waals surface area (Å²) in [5.41, 5.74) is 1.31. The molecule has 2 fully saturated rings. The van der Waals surface area contributed by atoms with Crippen molar-refractivity contribution < 1.29 is 17.9 Å². The number of hydrogen-bond donors (Lipinski definition) is 1. The van der Waals surface area contributed by atoms with Crippen LogP contribution < -0.4 is 15.0 Å². The number of nitrogens with one attached hydrogen (secondary N) is 1. The molecule has 1 aliphatic heterocycles. The van der Waals surface area contributed by atoms with Gasteiger partial charge >= 0.3 is 6.18 Å². The highest BCUT2D eigenvalue weighted by Gasteiger charge is 2.43. The van der Waals surface area contributed by atoms with Crippen LogP contribution in [-0.4, -0.2) is 50.9 Å². The fraction of sp³-hybridized carbons (Fsp3) is 0.526. The van der Waals surface area contributed by atoms with E-state index < -0.39 is 12.8 Å². The number of halogens is 3. The van der Waals surface area contributed by atoms with Crippen LogP contribution in [0.15, 0.2) is 24.4 Å². The van der Waals surface area contributed by atoms with Gasteiger partial charge in [0.05, 0.1) is 5.69 Å². The van der Waals surface area contributed by atoms with E-state index in [1.807, 2.05) is 6.92 Å². The maximum Gasteiger partial charge on any atom is 0.422 e. The number of rotatable bonds is 5. The Kier molecular flexibility index (Phi) is 4.72. The van der Waals surface area contributed by atoms with Crippen LogP contribution in [-0.2, 0) is 0 Å². The second-order valence-electron chi connectivity index (χ2n) is 7.96. The molecule has 1 aliphatic carbocycles. The van der Waals surface area contributed by atoms with Crippen LogP contribution in [0.1, 0.15) is 18.5 Å². The average molecular weight is 438 g/mol. The first-order chi connectivity index (χ1) is 14.4. The van der Waals surface area contributed by atoms with E-state index in [2.05, 4.69) is 30.7 Å². The van der Waals surface area contributed by atoms with Crippen molar-refractivity contribution in [2.24, 2.45) is 11.8 Å². The number of fused-ring (bicyclic) bond motifs is 3. The summed E-state index contributed by atoms with van der Waals surface area (Å²) in [6, 6.07) is 5.44. The third kappa shape index (κ3) is 3.78. The van der Waals surface area contributed by atoms with Crippen molar-refractivity contribution in [1.82, 2.24) is 19.0 Å². The summed E-state index contributed by atoms with van der Waals surface area (Å²) in [6.07, 6.45) is -0.497. The minimum atomic E-state index is -4.41. The molecule has 5 rings (SSSR count). The van der Waals surface area contributed by atoms with E-state index in [1.165, 1.54) is 27.1 Å². The van der Waals surface area contributed by atoms with Gasteiger partial charge in [0.2, 0.25) is 5.95 Å². The molecule has 160 valence electrons. The lowest BCUT2D eigenvalue weighted by Gasteiger charge is -2.38. The monoisotopic (exact) mass is 438 g/mol. The molecule has 4 heterocycles. The van der Waals surface area contributed by atoms with Gasteiger partial charge in [-0.15, -0.1) is 5.10 Å². The molecule has 1 saturated heterocycles. The Balaban J connectivity index is 1.31. The van der Waals surface area contributed by atoms with Gasteiger partial charge in [-0.1, -0.05) is 0 Å². The summed E-state index contributed by atoms with van der Waals surface area (Å²) in [6.45, 7) is 2.54. The fourth-order valence-electron chi connectivity index (χ4n) is 4.50. The van der Waals surface area contributed by atoms with Crippen molar-refractivity contribution >= 4 is 28.1 Å². The number of nitrogens with zero attached hydrogens (tertiary/aromatic N) is 5. The quantitative estimate of drug-likeness (QED) is 0.654. The zero-order valence-electron chi connectivity index (χ0n) is 16.3. The number of aryl methyl sites for hydroxylation is 1. The van der Waals surface area contributed by atoms with Crippen LogP contribution in [0, 0.1) is 18.8 Å². The molecule has 1 unspecified atom stereocenters. The fourth-order valence-corrected chi connectivity index (χ4v) is 5.28. The van der Waals surface area contributed by atoms with Crippen LogP contribution in [0.2, 0.25) is 0 Å². The highest BCUT2D eigenvalue weighted by molar-refractivity contribution is 7.10. The Morgan fingerprint density at radius 3 is 2.70 bits per heavy atom. The molecule has 0 amide bonds. The van der Waals surface area contributed by atoms with Gasteiger partial charge in [-0.25, -0.2) is 4.52 Å². The Morgan fingerprint density at radius 2 is 2.03 bits per heavy atom. The molecule has 1 saturated carbocycles. The van der Waals surface area contributed by atoms with E-state index >= 15 is 0 Å². The van der Waals surface area contributed by atoms with Crippen molar-refractivity contribution in [3.05, 3.63) is 30.1 Å². The molecule has 30 heavy (non-hydrogen) atoms. The van der Waals surface area contributed by atoms with Gasteiger partial charge < -0.3 is 15.0 Å². The standard InChI is InChI=1S/C19H21F3N6OS/c1-11-7-15(30-26-11)27-8-12-4-5-13(9-27)16(12)23-18-24-17-14(29-10-19(20,21)22)3-2-6-28(17)25-18/h2-3,6-7,12-13,16H,4-5,8-10H2,1H3,(H,23,25)/t12-,13+,16?. The van der Waals surface area contributed by atoms with Crippen molar-refractivity contribution in [1.29, 1.82) is 0 Å². The summed E-state index contributed by atoms with van der Waals surface area (Å²) in [5, 5.41) is 9.06.